The van der Waals surface area contributed by atoms with E-state index in [-0.39, 0.29) is 6.61 Å². The summed E-state index contributed by atoms with van der Waals surface area (Å²) in [6, 6.07) is 8.66. The van der Waals surface area contributed by atoms with Gasteiger partial charge < -0.3 is 17.7 Å². The molecule has 0 aromatic heterocycles. The number of halogens is 5. The lowest BCUT2D eigenvalue weighted by Crippen LogP contribution is -2.34. The second-order valence-electron chi connectivity index (χ2n) is 4.18. The summed E-state index contributed by atoms with van der Waals surface area (Å²) in [6.45, 7) is -5.22. The fourth-order valence-electron chi connectivity index (χ4n) is 1.58. The molecule has 2 aromatic carbocycles. The molecular formula is C13H9BClF4O-. The average Bonchev–Trinajstić information content (AvgIpc) is 2.38. The largest absolute Gasteiger partial charge is 0.509 e. The molecule has 0 aliphatic rings. The predicted molar refractivity (Wildman–Crippen MR) is 70.9 cm³/mol. The van der Waals surface area contributed by atoms with Gasteiger partial charge in [-0.2, -0.15) is 0 Å². The Kier molecular flexibility index (Phi) is 4.23. The molecular weight excluding hydrogens is 294 g/mol. The van der Waals surface area contributed by atoms with Crippen molar-refractivity contribution in [3.8, 4) is 5.75 Å². The van der Waals surface area contributed by atoms with E-state index in [1.807, 2.05) is 0 Å². The van der Waals surface area contributed by atoms with E-state index in [0.717, 1.165) is 6.07 Å². The van der Waals surface area contributed by atoms with E-state index in [9.17, 15) is 17.3 Å². The fraction of sp³-hybridized carbons (Fsp3) is 0.0769. The molecule has 7 heteroatoms. The third kappa shape index (κ3) is 3.66. The minimum Gasteiger partial charge on any atom is -0.486 e. The second kappa shape index (κ2) is 5.75. The Hall–Kier alpha value is -1.69. The molecule has 0 radical (unpaired) electrons. The van der Waals surface area contributed by atoms with Gasteiger partial charge in [0.15, 0.2) is 11.6 Å². The zero-order valence-electron chi connectivity index (χ0n) is 10.1. The fourth-order valence-corrected chi connectivity index (χ4v) is 1.70. The highest BCUT2D eigenvalue weighted by Crippen LogP contribution is 2.20. The molecule has 2 rings (SSSR count). The van der Waals surface area contributed by atoms with Crippen LogP contribution in [0.4, 0.5) is 17.3 Å². The molecule has 1 nitrogen and oxygen atoms in total. The number of hydrogen-bond acceptors (Lipinski definition) is 1. The lowest BCUT2D eigenvalue weighted by atomic mass is 9.80. The number of benzene rings is 2. The molecule has 0 saturated carbocycles. The van der Waals surface area contributed by atoms with E-state index >= 15 is 0 Å². The smallest absolute Gasteiger partial charge is 0.486 e. The van der Waals surface area contributed by atoms with E-state index in [1.165, 1.54) is 0 Å². The molecule has 0 aliphatic carbocycles. The first-order chi connectivity index (χ1) is 9.36. The highest BCUT2D eigenvalue weighted by Gasteiger charge is 2.26. The topological polar surface area (TPSA) is 9.23 Å². The van der Waals surface area contributed by atoms with Crippen LogP contribution in [0.1, 0.15) is 5.56 Å². The Labute approximate surface area is 118 Å². The quantitative estimate of drug-likeness (QED) is 0.610. The molecule has 106 valence electrons. The van der Waals surface area contributed by atoms with Crippen LogP contribution in [-0.4, -0.2) is 6.98 Å². The summed E-state index contributed by atoms with van der Waals surface area (Å²) in [5.41, 5.74) is -0.214. The minimum absolute atomic E-state index is 0.0393. The van der Waals surface area contributed by atoms with Crippen LogP contribution < -0.4 is 10.2 Å². The Morgan fingerprint density at radius 2 is 1.65 bits per heavy atom. The van der Waals surface area contributed by atoms with Crippen molar-refractivity contribution in [2.75, 3.05) is 0 Å². The van der Waals surface area contributed by atoms with Gasteiger partial charge >= 0.3 is 6.98 Å². The number of hydrogen-bond donors (Lipinski definition) is 0. The molecule has 0 aliphatic heterocycles. The summed E-state index contributed by atoms with van der Waals surface area (Å²) in [6.07, 6.45) is 0. The van der Waals surface area contributed by atoms with Crippen LogP contribution in [0.3, 0.4) is 0 Å². The molecule has 0 unspecified atom stereocenters. The van der Waals surface area contributed by atoms with Crippen molar-refractivity contribution >= 4 is 24.0 Å². The molecule has 0 bridgehead atoms. The van der Waals surface area contributed by atoms with Gasteiger partial charge in [0, 0.05) is 5.02 Å². The Balaban J connectivity index is 2.14. The standard InChI is InChI=1S/C13H9BClF4O/c15-11-4-1-9(2-5-11)8-20-13-7-10(14(17,18)19)3-6-12(13)16/h1-7H,8H2/q-1. The zero-order valence-corrected chi connectivity index (χ0v) is 10.9. The maximum atomic E-state index is 13.4. The average molecular weight is 303 g/mol. The van der Waals surface area contributed by atoms with Gasteiger partial charge in [-0.05, 0) is 29.8 Å². The van der Waals surface area contributed by atoms with Crippen LogP contribution in [0.25, 0.3) is 0 Å². The van der Waals surface area contributed by atoms with Crippen LogP contribution in [0.15, 0.2) is 42.5 Å². The molecule has 0 atom stereocenters. The van der Waals surface area contributed by atoms with Crippen LogP contribution in [0, 0.1) is 5.82 Å². The maximum Gasteiger partial charge on any atom is 0.509 e. The van der Waals surface area contributed by atoms with Gasteiger partial charge in [-0.3, -0.25) is 0 Å². The van der Waals surface area contributed by atoms with Gasteiger partial charge in [0.1, 0.15) is 6.61 Å². The first kappa shape index (κ1) is 14.7. The summed E-state index contributed by atoms with van der Waals surface area (Å²) >= 11 is 5.70. The third-order valence-corrected chi connectivity index (χ3v) is 2.89. The summed E-state index contributed by atoms with van der Waals surface area (Å²) in [5.74, 6) is -1.25. The molecule has 0 heterocycles. The second-order valence-corrected chi connectivity index (χ2v) is 4.62. The van der Waals surface area contributed by atoms with E-state index < -0.39 is 24.0 Å². The highest BCUT2D eigenvalue weighted by molar-refractivity contribution is 6.73. The molecule has 2 aromatic rings. The van der Waals surface area contributed by atoms with Crippen LogP contribution in [0.5, 0.6) is 5.75 Å². The highest BCUT2D eigenvalue weighted by atomic mass is 35.5. The van der Waals surface area contributed by atoms with Gasteiger partial charge in [0.25, 0.3) is 0 Å². The summed E-state index contributed by atoms with van der Waals surface area (Å²) in [7, 11) is 0. The first-order valence-electron chi connectivity index (χ1n) is 5.73. The molecule has 20 heavy (non-hydrogen) atoms. The predicted octanol–water partition coefficient (Wildman–Crippen LogP) is 4.11. The van der Waals surface area contributed by atoms with E-state index in [4.69, 9.17) is 16.3 Å². The van der Waals surface area contributed by atoms with Gasteiger partial charge in [0.2, 0.25) is 0 Å². The van der Waals surface area contributed by atoms with Crippen LogP contribution >= 0.6 is 11.6 Å². The van der Waals surface area contributed by atoms with Crippen molar-refractivity contribution in [3.05, 3.63) is 58.9 Å². The minimum atomic E-state index is -5.18. The van der Waals surface area contributed by atoms with E-state index in [1.54, 1.807) is 24.3 Å². The maximum absolute atomic E-state index is 13.4. The third-order valence-electron chi connectivity index (χ3n) is 2.64. The summed E-state index contributed by atoms with van der Waals surface area (Å²) in [5, 5.41) is 0.529. The van der Waals surface area contributed by atoms with Gasteiger partial charge in [-0.25, -0.2) is 4.39 Å². The van der Waals surface area contributed by atoms with Crippen molar-refractivity contribution in [2.45, 2.75) is 6.61 Å². The van der Waals surface area contributed by atoms with Crippen molar-refractivity contribution in [3.63, 3.8) is 0 Å². The molecule has 0 amide bonds. The van der Waals surface area contributed by atoms with E-state index in [2.05, 4.69) is 0 Å². The van der Waals surface area contributed by atoms with Crippen LogP contribution in [-0.2, 0) is 6.61 Å². The lowest BCUT2D eigenvalue weighted by molar-refractivity contribution is 0.290. The molecule has 0 saturated heterocycles. The Bertz CT molecular complexity index is 598. The number of ether oxygens (including phenoxy) is 1. The van der Waals surface area contributed by atoms with Crippen molar-refractivity contribution < 1.29 is 22.1 Å². The molecule has 0 fully saturated rings. The summed E-state index contributed by atoms with van der Waals surface area (Å²) < 4.78 is 56.2. The van der Waals surface area contributed by atoms with Gasteiger partial charge in [0.05, 0.1) is 0 Å². The van der Waals surface area contributed by atoms with Crippen LogP contribution in [0.2, 0.25) is 5.02 Å². The lowest BCUT2D eigenvalue weighted by Gasteiger charge is -2.16. The van der Waals surface area contributed by atoms with E-state index in [0.29, 0.717) is 22.7 Å². The Morgan fingerprint density at radius 3 is 2.25 bits per heavy atom. The summed E-state index contributed by atoms with van der Waals surface area (Å²) in [4.78, 5) is 0. The molecule has 0 spiro atoms. The molecule has 0 N–H and O–H groups in total. The van der Waals surface area contributed by atoms with Gasteiger partial charge in [-0.1, -0.05) is 29.8 Å². The normalized spacial score (nSPS) is 11.4. The Morgan fingerprint density at radius 1 is 1.00 bits per heavy atom. The van der Waals surface area contributed by atoms with Crippen molar-refractivity contribution in [2.24, 2.45) is 0 Å². The van der Waals surface area contributed by atoms with Gasteiger partial charge in [-0.15, -0.1) is 5.46 Å². The van der Waals surface area contributed by atoms with Crippen molar-refractivity contribution in [1.82, 2.24) is 0 Å². The van der Waals surface area contributed by atoms with Crippen molar-refractivity contribution in [1.29, 1.82) is 0 Å². The first-order valence-corrected chi connectivity index (χ1v) is 6.11. The SMILES string of the molecule is Fc1ccc([B-](F)(F)F)cc1OCc1ccc(Cl)cc1. The number of rotatable bonds is 4. The zero-order chi connectivity index (χ0) is 14.8. The monoisotopic (exact) mass is 303 g/mol.